The molecule has 0 amide bonds. The quantitative estimate of drug-likeness (QED) is 0.890. The van der Waals surface area contributed by atoms with Gasteiger partial charge in [0.25, 0.3) is 5.56 Å². The summed E-state index contributed by atoms with van der Waals surface area (Å²) in [5.74, 6) is -0.221. The van der Waals surface area contributed by atoms with Gasteiger partial charge in [0.05, 0.1) is 6.54 Å². The number of rotatable bonds is 4. The van der Waals surface area contributed by atoms with E-state index in [1.54, 1.807) is 36.1 Å². The number of aromatic carboxylic acids is 1. The number of aromatic nitrogens is 3. The third-order valence-electron chi connectivity index (χ3n) is 4.42. The number of piperidine rings is 1. The van der Waals surface area contributed by atoms with Crippen molar-refractivity contribution in [3.05, 3.63) is 52.0 Å². The second-order valence-corrected chi connectivity index (χ2v) is 5.93. The zero-order valence-corrected chi connectivity index (χ0v) is 13.0. The Balaban J connectivity index is 1.72. The van der Waals surface area contributed by atoms with Crippen molar-refractivity contribution in [3.8, 4) is 0 Å². The molecule has 0 radical (unpaired) electrons. The van der Waals surface area contributed by atoms with Crippen LogP contribution < -0.4 is 5.56 Å². The second kappa shape index (κ2) is 6.37. The van der Waals surface area contributed by atoms with Gasteiger partial charge >= 0.3 is 5.97 Å². The Morgan fingerprint density at radius 2 is 2.17 bits per heavy atom. The van der Waals surface area contributed by atoms with E-state index in [1.807, 2.05) is 0 Å². The molecule has 1 aliphatic heterocycles. The number of hydrogen-bond donors (Lipinski definition) is 2. The molecule has 1 saturated heterocycles. The molecule has 1 aliphatic rings. The summed E-state index contributed by atoms with van der Waals surface area (Å²) in [6.45, 7) is 4.13. The lowest BCUT2D eigenvalue weighted by molar-refractivity contribution is 0.0692. The Labute approximate surface area is 133 Å². The third kappa shape index (κ3) is 3.19. The number of H-pyrrole nitrogens is 1. The van der Waals surface area contributed by atoms with Gasteiger partial charge in [0, 0.05) is 37.7 Å². The van der Waals surface area contributed by atoms with Crippen molar-refractivity contribution < 1.29 is 9.90 Å². The van der Waals surface area contributed by atoms with Crippen LogP contribution in [0.3, 0.4) is 0 Å². The van der Waals surface area contributed by atoms with Gasteiger partial charge in [-0.05, 0) is 31.4 Å². The molecule has 0 aliphatic carbocycles. The van der Waals surface area contributed by atoms with Crippen molar-refractivity contribution in [2.75, 3.05) is 13.1 Å². The zero-order chi connectivity index (χ0) is 16.4. The number of aryl methyl sites for hydroxylation is 1. The average Bonchev–Trinajstić information content (AvgIpc) is 3.01. The second-order valence-electron chi connectivity index (χ2n) is 5.93. The normalized spacial score (nSPS) is 16.6. The summed E-state index contributed by atoms with van der Waals surface area (Å²) in [6, 6.07) is 1.76. The summed E-state index contributed by atoms with van der Waals surface area (Å²) in [5, 5.41) is 9.22. The lowest BCUT2D eigenvalue weighted by atomic mass is 10.0. The maximum Gasteiger partial charge on any atom is 0.341 e. The van der Waals surface area contributed by atoms with Crippen LogP contribution in [0.1, 0.15) is 40.6 Å². The van der Waals surface area contributed by atoms with Gasteiger partial charge < -0.3 is 14.7 Å². The molecule has 0 unspecified atom stereocenters. The van der Waals surface area contributed by atoms with Crippen molar-refractivity contribution in [1.29, 1.82) is 0 Å². The summed E-state index contributed by atoms with van der Waals surface area (Å²) < 4.78 is 1.58. The number of pyridine rings is 1. The molecule has 0 aromatic carbocycles. The number of carbonyl (C=O) groups is 1. The number of nitrogens with one attached hydrogen (secondary N) is 1. The smallest absolute Gasteiger partial charge is 0.341 e. The maximum absolute atomic E-state index is 12.4. The van der Waals surface area contributed by atoms with Crippen LogP contribution in [-0.4, -0.2) is 43.6 Å². The van der Waals surface area contributed by atoms with E-state index in [-0.39, 0.29) is 11.6 Å². The molecule has 3 heterocycles. The predicted molar refractivity (Wildman–Crippen MR) is 84.5 cm³/mol. The van der Waals surface area contributed by atoms with E-state index < -0.39 is 11.5 Å². The van der Waals surface area contributed by atoms with Gasteiger partial charge in [-0.25, -0.2) is 9.78 Å². The van der Waals surface area contributed by atoms with Gasteiger partial charge in [-0.3, -0.25) is 9.69 Å². The molecule has 122 valence electrons. The number of hydrogen-bond acceptors (Lipinski definition) is 4. The lowest BCUT2D eigenvalue weighted by Crippen LogP contribution is -2.38. The van der Waals surface area contributed by atoms with E-state index >= 15 is 0 Å². The van der Waals surface area contributed by atoms with Crippen molar-refractivity contribution in [1.82, 2.24) is 19.4 Å². The first kappa shape index (κ1) is 15.5. The Hall–Kier alpha value is -2.41. The summed E-state index contributed by atoms with van der Waals surface area (Å²) in [6.07, 6.45) is 6.91. The number of carboxylic acids is 1. The SMILES string of the molecule is Cc1ccn(C2CCN(Cc3ncc[nH]3)CC2)c(=O)c1C(=O)O. The van der Waals surface area contributed by atoms with Crippen LogP contribution in [0, 0.1) is 6.92 Å². The highest BCUT2D eigenvalue weighted by Gasteiger charge is 2.24. The number of imidazole rings is 1. The lowest BCUT2D eigenvalue weighted by Gasteiger charge is -2.32. The van der Waals surface area contributed by atoms with Crippen LogP contribution in [0.25, 0.3) is 0 Å². The highest BCUT2D eigenvalue weighted by molar-refractivity contribution is 5.88. The number of aromatic amines is 1. The average molecular weight is 316 g/mol. The van der Waals surface area contributed by atoms with E-state index in [0.29, 0.717) is 5.56 Å². The molecule has 7 heteroatoms. The van der Waals surface area contributed by atoms with Crippen LogP contribution in [0.4, 0.5) is 0 Å². The van der Waals surface area contributed by atoms with E-state index in [0.717, 1.165) is 38.3 Å². The summed E-state index contributed by atoms with van der Waals surface area (Å²) >= 11 is 0. The minimum absolute atomic E-state index is 0.0500. The molecule has 2 aromatic rings. The molecule has 2 aromatic heterocycles. The van der Waals surface area contributed by atoms with Gasteiger partial charge in [0.15, 0.2) is 0 Å². The van der Waals surface area contributed by atoms with Crippen LogP contribution in [0.15, 0.2) is 29.5 Å². The van der Waals surface area contributed by atoms with Gasteiger partial charge in [-0.2, -0.15) is 0 Å². The van der Waals surface area contributed by atoms with E-state index in [4.69, 9.17) is 0 Å². The van der Waals surface area contributed by atoms with E-state index in [1.165, 1.54) is 0 Å². The molecule has 23 heavy (non-hydrogen) atoms. The fourth-order valence-corrected chi connectivity index (χ4v) is 3.14. The Morgan fingerprint density at radius 1 is 1.43 bits per heavy atom. The van der Waals surface area contributed by atoms with Crippen molar-refractivity contribution >= 4 is 5.97 Å². The van der Waals surface area contributed by atoms with Crippen LogP contribution >= 0.6 is 0 Å². The molecule has 0 saturated carbocycles. The minimum atomic E-state index is -1.16. The number of nitrogens with zero attached hydrogens (tertiary/aromatic N) is 3. The summed E-state index contributed by atoms with van der Waals surface area (Å²) in [4.78, 5) is 33.3. The van der Waals surface area contributed by atoms with Crippen LogP contribution in [0.5, 0.6) is 0 Å². The standard InChI is InChI=1S/C16H20N4O3/c1-11-2-9-20(15(21)14(11)16(22)23)12-3-7-19(8-4-12)10-13-17-5-6-18-13/h2,5-6,9,12H,3-4,7-8,10H2,1H3,(H,17,18)(H,22,23). The predicted octanol–water partition coefficient (Wildman–Crippen LogP) is 1.42. The Kier molecular flexibility index (Phi) is 4.29. The summed E-state index contributed by atoms with van der Waals surface area (Å²) in [7, 11) is 0. The first-order valence-electron chi connectivity index (χ1n) is 7.72. The van der Waals surface area contributed by atoms with Gasteiger partial charge in [-0.15, -0.1) is 0 Å². The highest BCUT2D eigenvalue weighted by Crippen LogP contribution is 2.22. The first-order valence-corrected chi connectivity index (χ1v) is 7.72. The molecular formula is C16H20N4O3. The summed E-state index contributed by atoms with van der Waals surface area (Å²) in [5.41, 5.74) is -0.0125. The van der Waals surface area contributed by atoms with Crippen molar-refractivity contribution in [3.63, 3.8) is 0 Å². The van der Waals surface area contributed by atoms with E-state index in [2.05, 4.69) is 14.9 Å². The largest absolute Gasteiger partial charge is 0.477 e. The maximum atomic E-state index is 12.4. The molecule has 0 atom stereocenters. The molecular weight excluding hydrogens is 296 g/mol. The third-order valence-corrected chi connectivity index (χ3v) is 4.42. The minimum Gasteiger partial charge on any atom is -0.477 e. The Morgan fingerprint density at radius 3 is 2.78 bits per heavy atom. The molecule has 0 bridgehead atoms. The molecule has 3 rings (SSSR count). The van der Waals surface area contributed by atoms with Crippen LogP contribution in [-0.2, 0) is 6.54 Å². The van der Waals surface area contributed by atoms with Gasteiger partial charge in [-0.1, -0.05) is 0 Å². The van der Waals surface area contributed by atoms with Crippen LogP contribution in [0.2, 0.25) is 0 Å². The van der Waals surface area contributed by atoms with Crippen molar-refractivity contribution in [2.45, 2.75) is 32.4 Å². The molecule has 2 N–H and O–H groups in total. The van der Waals surface area contributed by atoms with Gasteiger partial charge in [0.2, 0.25) is 0 Å². The molecule has 7 nitrogen and oxygen atoms in total. The number of carboxylic acid groups (broad SMARTS) is 1. The van der Waals surface area contributed by atoms with Gasteiger partial charge in [0.1, 0.15) is 11.4 Å². The van der Waals surface area contributed by atoms with Crippen molar-refractivity contribution in [2.24, 2.45) is 0 Å². The topological polar surface area (TPSA) is 91.2 Å². The fraction of sp³-hybridized carbons (Fsp3) is 0.438. The monoisotopic (exact) mass is 316 g/mol. The molecule has 0 spiro atoms. The molecule has 1 fully saturated rings. The first-order chi connectivity index (χ1) is 11.1. The fourth-order valence-electron chi connectivity index (χ4n) is 3.14. The van der Waals surface area contributed by atoms with E-state index in [9.17, 15) is 14.7 Å². The zero-order valence-electron chi connectivity index (χ0n) is 13.0. The highest BCUT2D eigenvalue weighted by atomic mass is 16.4. The Bertz CT molecular complexity index is 743. The number of likely N-dealkylation sites (tertiary alicyclic amines) is 1.